The number of halogens is 1. The van der Waals surface area contributed by atoms with Gasteiger partial charge in [-0.3, -0.25) is 4.79 Å². The van der Waals surface area contributed by atoms with E-state index in [1.165, 1.54) is 0 Å². The fourth-order valence-electron chi connectivity index (χ4n) is 2.14. The Labute approximate surface area is 126 Å². The van der Waals surface area contributed by atoms with E-state index in [9.17, 15) is 4.79 Å². The Morgan fingerprint density at radius 3 is 2.40 bits per heavy atom. The predicted molar refractivity (Wildman–Crippen MR) is 84.6 cm³/mol. The van der Waals surface area contributed by atoms with Crippen molar-refractivity contribution in [2.24, 2.45) is 0 Å². The molecule has 0 fully saturated rings. The predicted octanol–water partition coefficient (Wildman–Crippen LogP) is 3.79. The molecule has 20 heavy (non-hydrogen) atoms. The van der Waals surface area contributed by atoms with E-state index in [-0.39, 0.29) is 5.91 Å². The van der Waals surface area contributed by atoms with Crippen molar-refractivity contribution in [1.82, 2.24) is 0 Å². The van der Waals surface area contributed by atoms with Crippen LogP contribution in [0, 0.1) is 0 Å². The average molecular weight is 329 g/mol. The van der Waals surface area contributed by atoms with E-state index in [2.05, 4.69) is 21.2 Å². The van der Waals surface area contributed by atoms with Gasteiger partial charge in [-0.1, -0.05) is 34.1 Å². The van der Waals surface area contributed by atoms with E-state index in [0.29, 0.717) is 6.54 Å². The van der Waals surface area contributed by atoms with Gasteiger partial charge in [-0.05, 0) is 36.4 Å². The van der Waals surface area contributed by atoms with Crippen molar-refractivity contribution < 1.29 is 4.79 Å². The zero-order valence-corrected chi connectivity index (χ0v) is 12.3. The Morgan fingerprint density at radius 2 is 1.70 bits per heavy atom. The molecule has 0 radical (unpaired) electrons. The third kappa shape index (κ3) is 2.75. The molecular weight excluding hydrogens is 316 g/mol. The first kappa shape index (κ1) is 12.9. The number of carbonyl (C=O) groups is 1. The normalized spacial score (nSPS) is 14.3. The van der Waals surface area contributed by atoms with Crippen LogP contribution in [0.25, 0.3) is 0 Å². The average Bonchev–Trinajstić information content (AvgIpc) is 2.83. The zero-order valence-electron chi connectivity index (χ0n) is 10.7. The number of hydrogen-bond acceptors (Lipinski definition) is 2. The monoisotopic (exact) mass is 328 g/mol. The number of rotatable bonds is 3. The number of benzene rings is 2. The molecule has 0 aliphatic carbocycles. The maximum Gasteiger partial charge on any atom is 0.253 e. The van der Waals surface area contributed by atoms with Gasteiger partial charge in [0.25, 0.3) is 5.91 Å². The second-order valence-corrected chi connectivity index (χ2v) is 5.48. The molecule has 100 valence electrons. The molecule has 1 heterocycles. The lowest BCUT2D eigenvalue weighted by molar-refractivity contribution is -0.113. The largest absolute Gasteiger partial charge is 0.357 e. The minimum Gasteiger partial charge on any atom is -0.357 e. The van der Waals surface area contributed by atoms with Crippen LogP contribution < -0.4 is 10.2 Å². The van der Waals surface area contributed by atoms with Gasteiger partial charge in [-0.2, -0.15) is 0 Å². The first-order valence-electron chi connectivity index (χ1n) is 6.32. The molecule has 0 unspecified atom stereocenters. The van der Waals surface area contributed by atoms with E-state index >= 15 is 0 Å². The summed E-state index contributed by atoms with van der Waals surface area (Å²) < 4.78 is 1.03. The van der Waals surface area contributed by atoms with Crippen molar-refractivity contribution in [1.29, 1.82) is 0 Å². The van der Waals surface area contributed by atoms with Gasteiger partial charge in [0, 0.05) is 27.6 Å². The summed E-state index contributed by atoms with van der Waals surface area (Å²) in [6.07, 6.45) is 1.65. The Hall–Kier alpha value is -2.07. The molecule has 0 spiro atoms. The Balaban J connectivity index is 1.73. The minimum atomic E-state index is 0.0100. The summed E-state index contributed by atoms with van der Waals surface area (Å²) in [6.45, 7) is 0.568. The van der Waals surface area contributed by atoms with Gasteiger partial charge in [-0.25, -0.2) is 0 Å². The fraction of sp³-hybridized carbons (Fsp3) is 0.0625. The summed E-state index contributed by atoms with van der Waals surface area (Å²) in [5, 5.41) is 3.28. The summed E-state index contributed by atoms with van der Waals surface area (Å²) in [7, 11) is 0. The molecule has 3 rings (SSSR count). The highest BCUT2D eigenvalue weighted by Gasteiger charge is 2.22. The Bertz CT molecular complexity index is 650. The lowest BCUT2D eigenvalue weighted by Gasteiger charge is -2.17. The maximum absolute atomic E-state index is 12.0. The van der Waals surface area contributed by atoms with Gasteiger partial charge in [0.05, 0.1) is 6.54 Å². The van der Waals surface area contributed by atoms with Crippen molar-refractivity contribution in [2.45, 2.75) is 0 Å². The van der Waals surface area contributed by atoms with Crippen LogP contribution in [0.4, 0.5) is 11.4 Å². The van der Waals surface area contributed by atoms with Crippen LogP contribution in [0.1, 0.15) is 0 Å². The lowest BCUT2D eigenvalue weighted by atomic mass is 10.3. The molecule has 0 saturated carbocycles. The maximum atomic E-state index is 12.0. The highest BCUT2D eigenvalue weighted by atomic mass is 79.9. The quantitative estimate of drug-likeness (QED) is 0.929. The molecule has 4 heteroatoms. The van der Waals surface area contributed by atoms with Crippen molar-refractivity contribution in [2.75, 3.05) is 16.8 Å². The van der Waals surface area contributed by atoms with Crippen molar-refractivity contribution in [3.63, 3.8) is 0 Å². The zero-order chi connectivity index (χ0) is 13.9. The van der Waals surface area contributed by atoms with Crippen LogP contribution in [0.5, 0.6) is 0 Å². The van der Waals surface area contributed by atoms with Gasteiger partial charge < -0.3 is 10.2 Å². The molecule has 2 aromatic rings. The molecule has 0 atom stereocenters. The van der Waals surface area contributed by atoms with E-state index in [1.54, 1.807) is 11.0 Å². The van der Waals surface area contributed by atoms with Crippen LogP contribution >= 0.6 is 15.9 Å². The minimum absolute atomic E-state index is 0.0100. The van der Waals surface area contributed by atoms with Crippen LogP contribution in [0.2, 0.25) is 0 Å². The first-order chi connectivity index (χ1) is 9.72. The third-order valence-corrected chi connectivity index (χ3v) is 3.64. The molecule has 1 aliphatic heterocycles. The summed E-state index contributed by atoms with van der Waals surface area (Å²) in [4.78, 5) is 13.8. The second-order valence-electron chi connectivity index (χ2n) is 4.56. The molecule has 1 amide bonds. The van der Waals surface area contributed by atoms with Gasteiger partial charge in [-0.15, -0.1) is 0 Å². The molecule has 2 aromatic carbocycles. The number of nitrogens with zero attached hydrogens (tertiary/aromatic N) is 1. The van der Waals surface area contributed by atoms with Crippen LogP contribution in [-0.2, 0) is 4.79 Å². The van der Waals surface area contributed by atoms with E-state index < -0.39 is 0 Å². The SMILES string of the molecule is O=C1C=C(Nc2ccc(Br)cc2)CN1c1ccccc1. The third-order valence-electron chi connectivity index (χ3n) is 3.11. The van der Waals surface area contributed by atoms with Gasteiger partial charge in [0.15, 0.2) is 0 Å². The van der Waals surface area contributed by atoms with Gasteiger partial charge >= 0.3 is 0 Å². The second kappa shape index (κ2) is 5.51. The molecule has 0 saturated heterocycles. The van der Waals surface area contributed by atoms with Gasteiger partial charge in [0.1, 0.15) is 0 Å². The van der Waals surface area contributed by atoms with Gasteiger partial charge in [0.2, 0.25) is 0 Å². The van der Waals surface area contributed by atoms with Crippen LogP contribution in [-0.4, -0.2) is 12.5 Å². The fourth-order valence-corrected chi connectivity index (χ4v) is 2.41. The molecule has 0 aromatic heterocycles. The summed E-state index contributed by atoms with van der Waals surface area (Å²) in [5.41, 5.74) is 2.80. The van der Waals surface area contributed by atoms with Crippen molar-refractivity contribution in [3.8, 4) is 0 Å². The van der Waals surface area contributed by atoms with E-state index in [1.807, 2.05) is 54.6 Å². The topological polar surface area (TPSA) is 32.3 Å². The van der Waals surface area contributed by atoms with Crippen LogP contribution in [0.3, 0.4) is 0 Å². The van der Waals surface area contributed by atoms with Crippen molar-refractivity contribution >= 4 is 33.2 Å². The molecule has 1 N–H and O–H groups in total. The number of amides is 1. The van der Waals surface area contributed by atoms with E-state index in [0.717, 1.165) is 21.5 Å². The molecule has 0 bridgehead atoms. The van der Waals surface area contributed by atoms with Crippen LogP contribution in [0.15, 0.2) is 70.8 Å². The highest BCUT2D eigenvalue weighted by Crippen LogP contribution is 2.22. The van der Waals surface area contributed by atoms with E-state index in [4.69, 9.17) is 0 Å². The molecular formula is C16H13BrN2O. The highest BCUT2D eigenvalue weighted by molar-refractivity contribution is 9.10. The summed E-state index contributed by atoms with van der Waals surface area (Å²) >= 11 is 3.40. The summed E-state index contributed by atoms with van der Waals surface area (Å²) in [5.74, 6) is 0.0100. The summed E-state index contributed by atoms with van der Waals surface area (Å²) in [6, 6.07) is 17.6. The first-order valence-corrected chi connectivity index (χ1v) is 7.11. The number of anilines is 2. The molecule has 1 aliphatic rings. The lowest BCUT2D eigenvalue weighted by Crippen LogP contribution is -2.25. The van der Waals surface area contributed by atoms with Crippen molar-refractivity contribution in [3.05, 3.63) is 70.8 Å². The number of carbonyl (C=O) groups excluding carboxylic acids is 1. The number of hydrogen-bond donors (Lipinski definition) is 1. The Morgan fingerprint density at radius 1 is 1.00 bits per heavy atom. The standard InChI is InChI=1S/C16H13BrN2O/c17-12-6-8-13(9-7-12)18-14-10-16(20)19(11-14)15-4-2-1-3-5-15/h1-10,18H,11H2. The number of nitrogens with one attached hydrogen (secondary N) is 1. The number of para-hydroxylation sites is 1. The smallest absolute Gasteiger partial charge is 0.253 e. The molecule has 3 nitrogen and oxygen atoms in total. The Kier molecular flexibility index (Phi) is 3.56.